The van der Waals surface area contributed by atoms with E-state index < -0.39 is 28.0 Å². The van der Waals surface area contributed by atoms with Gasteiger partial charge >= 0.3 is 5.97 Å². The van der Waals surface area contributed by atoms with Crippen molar-refractivity contribution in [1.82, 2.24) is 4.31 Å². The van der Waals surface area contributed by atoms with Crippen LogP contribution in [-0.2, 0) is 14.8 Å². The predicted molar refractivity (Wildman–Crippen MR) is 79.6 cm³/mol. The van der Waals surface area contributed by atoms with Gasteiger partial charge in [0.15, 0.2) is 0 Å². The first-order valence-corrected chi connectivity index (χ1v) is 8.51. The molecular weight excluding hydrogens is 290 g/mol. The zero-order chi connectivity index (χ0) is 15.8. The third-order valence-electron chi connectivity index (χ3n) is 4.33. The average Bonchev–Trinajstić information content (AvgIpc) is 2.41. The van der Waals surface area contributed by atoms with E-state index in [4.69, 9.17) is 0 Å². The molecule has 2 rings (SSSR count). The van der Waals surface area contributed by atoms with Crippen LogP contribution in [0, 0.1) is 19.8 Å². The van der Waals surface area contributed by atoms with E-state index in [0.29, 0.717) is 19.4 Å². The molecule has 1 aliphatic heterocycles. The molecule has 0 aromatic heterocycles. The number of hydrogen-bond donors (Lipinski definition) is 1. The lowest BCUT2D eigenvalue weighted by Gasteiger charge is -2.36. The number of carbonyl (C=O) groups is 1. The van der Waals surface area contributed by atoms with E-state index in [9.17, 15) is 18.3 Å². The van der Waals surface area contributed by atoms with Crippen LogP contribution >= 0.6 is 0 Å². The minimum Gasteiger partial charge on any atom is -0.481 e. The van der Waals surface area contributed by atoms with Crippen molar-refractivity contribution in [3.8, 4) is 0 Å². The molecule has 0 spiro atoms. The quantitative estimate of drug-likeness (QED) is 0.928. The lowest BCUT2D eigenvalue weighted by atomic mass is 9.92. The number of carboxylic acid groups (broad SMARTS) is 1. The van der Waals surface area contributed by atoms with Crippen molar-refractivity contribution in [3.05, 3.63) is 29.3 Å². The molecule has 0 radical (unpaired) electrons. The third-order valence-corrected chi connectivity index (χ3v) is 6.31. The Morgan fingerprint density at radius 1 is 1.29 bits per heavy atom. The molecule has 2 atom stereocenters. The van der Waals surface area contributed by atoms with Crippen LogP contribution in [0.25, 0.3) is 0 Å². The van der Waals surface area contributed by atoms with Gasteiger partial charge in [0.05, 0.1) is 10.8 Å². The summed E-state index contributed by atoms with van der Waals surface area (Å²) in [5, 5.41) is 9.22. The van der Waals surface area contributed by atoms with Crippen molar-refractivity contribution in [3.63, 3.8) is 0 Å². The summed E-state index contributed by atoms with van der Waals surface area (Å²) in [5.41, 5.74) is 1.94. The molecule has 6 heteroatoms. The molecule has 1 saturated heterocycles. The molecule has 21 heavy (non-hydrogen) atoms. The molecule has 116 valence electrons. The second-order valence-electron chi connectivity index (χ2n) is 5.69. The second-order valence-corrected chi connectivity index (χ2v) is 7.58. The molecule has 1 heterocycles. The van der Waals surface area contributed by atoms with E-state index in [1.54, 1.807) is 25.1 Å². The average molecular weight is 311 g/mol. The van der Waals surface area contributed by atoms with Crippen LogP contribution in [-0.4, -0.2) is 36.4 Å². The Bertz CT molecular complexity index is 654. The number of benzene rings is 1. The Morgan fingerprint density at radius 2 is 1.95 bits per heavy atom. The smallest absolute Gasteiger partial charge is 0.308 e. The van der Waals surface area contributed by atoms with Gasteiger partial charge < -0.3 is 5.11 Å². The molecule has 1 fully saturated rings. The molecule has 1 N–H and O–H groups in total. The maximum absolute atomic E-state index is 12.8. The SMILES string of the molecule is Cc1ccc(S(=O)(=O)N2CCC[C@@H](C(=O)O)[C@H]2C)cc1C. The summed E-state index contributed by atoms with van der Waals surface area (Å²) in [6, 6.07) is 4.50. The van der Waals surface area contributed by atoms with Gasteiger partial charge in [-0.25, -0.2) is 8.42 Å². The Morgan fingerprint density at radius 3 is 2.52 bits per heavy atom. The first kappa shape index (κ1) is 16.0. The number of nitrogens with zero attached hydrogens (tertiary/aromatic N) is 1. The van der Waals surface area contributed by atoms with Crippen LogP contribution in [0.15, 0.2) is 23.1 Å². The minimum absolute atomic E-state index is 0.239. The highest BCUT2D eigenvalue weighted by molar-refractivity contribution is 7.89. The Kier molecular flexibility index (Phi) is 4.39. The van der Waals surface area contributed by atoms with E-state index in [0.717, 1.165) is 11.1 Å². The van der Waals surface area contributed by atoms with Gasteiger partial charge in [-0.3, -0.25) is 4.79 Å². The Labute approximate surface area is 125 Å². The standard InChI is InChI=1S/C15H21NO4S/c1-10-6-7-13(9-11(10)2)21(19,20)16-8-4-5-14(12(16)3)15(17)18/h6-7,9,12,14H,4-5,8H2,1-3H3,(H,17,18)/t12-,14-/m1/s1. The maximum Gasteiger partial charge on any atom is 0.308 e. The van der Waals surface area contributed by atoms with Crippen molar-refractivity contribution >= 4 is 16.0 Å². The van der Waals surface area contributed by atoms with Crippen LogP contribution in [0.1, 0.15) is 30.9 Å². The molecular formula is C15H21NO4S. The normalized spacial score (nSPS) is 24.0. The number of piperidine rings is 1. The summed E-state index contributed by atoms with van der Waals surface area (Å²) in [6.45, 7) is 5.85. The summed E-state index contributed by atoms with van der Waals surface area (Å²) >= 11 is 0. The van der Waals surface area contributed by atoms with Gasteiger partial charge in [0.2, 0.25) is 10.0 Å². The van der Waals surface area contributed by atoms with Crippen molar-refractivity contribution in [2.75, 3.05) is 6.54 Å². The fraction of sp³-hybridized carbons (Fsp3) is 0.533. The highest BCUT2D eigenvalue weighted by Gasteiger charge is 2.39. The third kappa shape index (κ3) is 2.96. The number of carboxylic acids is 1. The first-order chi connectivity index (χ1) is 9.75. The number of sulfonamides is 1. The fourth-order valence-corrected chi connectivity index (χ4v) is 4.58. The van der Waals surface area contributed by atoms with Crippen LogP contribution in [0.4, 0.5) is 0 Å². The molecule has 0 aliphatic carbocycles. The molecule has 0 saturated carbocycles. The lowest BCUT2D eigenvalue weighted by Crippen LogP contribution is -2.48. The van der Waals surface area contributed by atoms with E-state index in [1.807, 2.05) is 13.8 Å². The lowest BCUT2D eigenvalue weighted by molar-refractivity contribution is -0.144. The molecule has 1 aliphatic rings. The summed E-state index contributed by atoms with van der Waals surface area (Å²) in [4.78, 5) is 11.5. The van der Waals surface area contributed by atoms with Gasteiger partial charge in [-0.05, 0) is 56.9 Å². The highest BCUT2D eigenvalue weighted by Crippen LogP contribution is 2.29. The minimum atomic E-state index is -3.65. The van der Waals surface area contributed by atoms with Crippen LogP contribution in [0.5, 0.6) is 0 Å². The van der Waals surface area contributed by atoms with E-state index in [1.165, 1.54) is 4.31 Å². The van der Waals surface area contributed by atoms with E-state index in [-0.39, 0.29) is 4.90 Å². The van der Waals surface area contributed by atoms with Gasteiger partial charge in [-0.15, -0.1) is 0 Å². The first-order valence-electron chi connectivity index (χ1n) is 7.07. The molecule has 0 amide bonds. The van der Waals surface area contributed by atoms with Crippen molar-refractivity contribution in [1.29, 1.82) is 0 Å². The van der Waals surface area contributed by atoms with Crippen molar-refractivity contribution < 1.29 is 18.3 Å². The zero-order valence-corrected chi connectivity index (χ0v) is 13.4. The Hall–Kier alpha value is -1.40. The summed E-state index contributed by atoms with van der Waals surface area (Å²) in [6.07, 6.45) is 1.10. The second kappa shape index (κ2) is 5.77. The molecule has 0 bridgehead atoms. The van der Waals surface area contributed by atoms with Gasteiger partial charge in [-0.2, -0.15) is 4.31 Å². The predicted octanol–water partition coefficient (Wildman–Crippen LogP) is 2.18. The summed E-state index contributed by atoms with van der Waals surface area (Å²) in [5.74, 6) is -1.57. The number of rotatable bonds is 3. The Balaban J connectivity index is 2.38. The summed E-state index contributed by atoms with van der Waals surface area (Å²) in [7, 11) is -3.65. The van der Waals surface area contributed by atoms with Gasteiger partial charge in [0, 0.05) is 12.6 Å². The van der Waals surface area contributed by atoms with Crippen molar-refractivity contribution in [2.45, 2.75) is 44.6 Å². The topological polar surface area (TPSA) is 74.7 Å². The molecule has 0 unspecified atom stereocenters. The number of aliphatic carboxylic acids is 1. The molecule has 5 nitrogen and oxygen atoms in total. The fourth-order valence-electron chi connectivity index (χ4n) is 2.79. The van der Waals surface area contributed by atoms with Gasteiger partial charge in [0.25, 0.3) is 0 Å². The largest absolute Gasteiger partial charge is 0.481 e. The highest BCUT2D eigenvalue weighted by atomic mass is 32.2. The van der Waals surface area contributed by atoms with E-state index >= 15 is 0 Å². The van der Waals surface area contributed by atoms with Gasteiger partial charge in [-0.1, -0.05) is 6.07 Å². The molecule has 1 aromatic rings. The zero-order valence-electron chi connectivity index (χ0n) is 12.5. The maximum atomic E-state index is 12.8. The van der Waals surface area contributed by atoms with Crippen LogP contribution in [0.2, 0.25) is 0 Å². The van der Waals surface area contributed by atoms with Crippen LogP contribution in [0.3, 0.4) is 0 Å². The monoisotopic (exact) mass is 311 g/mol. The van der Waals surface area contributed by atoms with Gasteiger partial charge in [0.1, 0.15) is 0 Å². The number of hydrogen-bond acceptors (Lipinski definition) is 3. The van der Waals surface area contributed by atoms with Crippen molar-refractivity contribution in [2.24, 2.45) is 5.92 Å². The molecule has 1 aromatic carbocycles. The van der Waals surface area contributed by atoms with E-state index in [2.05, 4.69) is 0 Å². The number of aryl methyl sites for hydroxylation is 2. The summed E-state index contributed by atoms with van der Waals surface area (Å²) < 4.78 is 26.9. The van der Waals surface area contributed by atoms with Crippen LogP contribution < -0.4 is 0 Å².